The fraction of sp³-hybridized carbons (Fsp3) is 0.765. The first kappa shape index (κ1) is 19.5. The Hall–Kier alpha value is -1.56. The van der Waals surface area contributed by atoms with Crippen LogP contribution in [0.5, 0.6) is 0 Å². The second kappa shape index (κ2) is 7.81. The zero-order chi connectivity index (χ0) is 17.7. The van der Waals surface area contributed by atoms with Gasteiger partial charge in [0.15, 0.2) is 0 Å². The highest BCUT2D eigenvalue weighted by Gasteiger charge is 2.34. The summed E-state index contributed by atoms with van der Waals surface area (Å²) >= 11 is 0. The number of carbonyl (C=O) groups is 1. The number of aliphatic hydroxyl groups excluding tert-OH is 1. The number of amides is 1. The molecular weight excluding hydrogens is 294 g/mol. The fourth-order valence-electron chi connectivity index (χ4n) is 2.46. The first-order valence-electron chi connectivity index (χ1n) is 8.13. The maximum absolute atomic E-state index is 11.9. The van der Waals surface area contributed by atoms with Gasteiger partial charge in [-0.25, -0.2) is 4.79 Å². The van der Waals surface area contributed by atoms with Crippen molar-refractivity contribution in [2.24, 2.45) is 18.4 Å². The van der Waals surface area contributed by atoms with Gasteiger partial charge in [-0.15, -0.1) is 0 Å². The molecule has 0 saturated heterocycles. The predicted octanol–water partition coefficient (Wildman–Crippen LogP) is 2.51. The van der Waals surface area contributed by atoms with E-state index in [4.69, 9.17) is 4.74 Å². The van der Waals surface area contributed by atoms with Crippen LogP contribution in [0, 0.1) is 11.3 Å². The van der Waals surface area contributed by atoms with Gasteiger partial charge < -0.3 is 15.2 Å². The summed E-state index contributed by atoms with van der Waals surface area (Å²) in [6.07, 6.45) is 4.94. The standard InChI is InChI=1S/C17H31N3O3/c1-13(2)17(12-21,8-7-14-9-19-20(6)10-14)11-18-15(22)23-16(3,4)5/h9-10,13,21H,7-8,11-12H2,1-6H3,(H,18,22). The van der Waals surface area contributed by atoms with Gasteiger partial charge in [-0.1, -0.05) is 13.8 Å². The molecule has 0 aromatic carbocycles. The van der Waals surface area contributed by atoms with Crippen molar-refractivity contribution in [2.75, 3.05) is 13.2 Å². The third-order valence-corrected chi connectivity index (χ3v) is 4.19. The molecule has 0 radical (unpaired) electrons. The van der Waals surface area contributed by atoms with Crippen LogP contribution >= 0.6 is 0 Å². The van der Waals surface area contributed by atoms with Gasteiger partial charge in [0, 0.05) is 25.2 Å². The molecule has 1 unspecified atom stereocenters. The molecule has 0 aliphatic rings. The lowest BCUT2D eigenvalue weighted by Gasteiger charge is -2.36. The normalized spacial score (nSPS) is 14.6. The van der Waals surface area contributed by atoms with E-state index in [1.165, 1.54) is 0 Å². The number of nitrogens with zero attached hydrogens (tertiary/aromatic N) is 2. The van der Waals surface area contributed by atoms with Gasteiger partial charge in [0.2, 0.25) is 0 Å². The third-order valence-electron chi connectivity index (χ3n) is 4.19. The van der Waals surface area contributed by atoms with Crippen LogP contribution in [0.15, 0.2) is 12.4 Å². The summed E-state index contributed by atoms with van der Waals surface area (Å²) in [5.41, 5.74) is 0.218. The second-order valence-corrected chi connectivity index (χ2v) is 7.55. The van der Waals surface area contributed by atoms with Gasteiger partial charge in [-0.3, -0.25) is 4.68 Å². The number of carbonyl (C=O) groups excluding carboxylic acids is 1. The van der Waals surface area contributed by atoms with Crippen molar-refractivity contribution in [3.05, 3.63) is 18.0 Å². The van der Waals surface area contributed by atoms with E-state index in [1.807, 2.05) is 40.2 Å². The van der Waals surface area contributed by atoms with Gasteiger partial charge in [-0.2, -0.15) is 5.10 Å². The lowest BCUT2D eigenvalue weighted by atomic mass is 9.73. The molecular formula is C17H31N3O3. The van der Waals surface area contributed by atoms with Crippen molar-refractivity contribution < 1.29 is 14.6 Å². The van der Waals surface area contributed by atoms with Crippen LogP contribution in [0.25, 0.3) is 0 Å². The summed E-state index contributed by atoms with van der Waals surface area (Å²) in [7, 11) is 1.88. The minimum atomic E-state index is -0.528. The van der Waals surface area contributed by atoms with Crippen LogP contribution in [-0.2, 0) is 18.2 Å². The largest absolute Gasteiger partial charge is 0.444 e. The lowest BCUT2D eigenvalue weighted by molar-refractivity contribution is 0.0369. The van der Waals surface area contributed by atoms with E-state index < -0.39 is 11.7 Å². The summed E-state index contributed by atoms with van der Waals surface area (Å²) in [6.45, 7) is 10.0. The van der Waals surface area contributed by atoms with Crippen LogP contribution in [0.4, 0.5) is 4.79 Å². The first-order chi connectivity index (χ1) is 10.6. The lowest BCUT2D eigenvalue weighted by Crippen LogP contribution is -2.45. The Morgan fingerprint density at radius 1 is 1.43 bits per heavy atom. The number of hydrogen-bond acceptors (Lipinski definition) is 4. The smallest absolute Gasteiger partial charge is 0.407 e. The predicted molar refractivity (Wildman–Crippen MR) is 90.1 cm³/mol. The molecule has 1 amide bonds. The molecule has 1 atom stereocenters. The average Bonchev–Trinajstić information content (AvgIpc) is 2.83. The Bertz CT molecular complexity index is 505. The highest BCUT2D eigenvalue weighted by Crippen LogP contribution is 2.32. The minimum Gasteiger partial charge on any atom is -0.444 e. The molecule has 0 aliphatic carbocycles. The van der Waals surface area contributed by atoms with Crippen molar-refractivity contribution in [2.45, 2.75) is 53.1 Å². The van der Waals surface area contributed by atoms with Gasteiger partial charge in [0.25, 0.3) is 0 Å². The number of aromatic nitrogens is 2. The maximum Gasteiger partial charge on any atom is 0.407 e. The molecule has 0 fully saturated rings. The van der Waals surface area contributed by atoms with Gasteiger partial charge in [0.1, 0.15) is 5.60 Å². The molecule has 0 aliphatic heterocycles. The van der Waals surface area contributed by atoms with E-state index in [2.05, 4.69) is 24.3 Å². The summed E-state index contributed by atoms with van der Waals surface area (Å²) in [6, 6.07) is 0. The number of hydrogen-bond donors (Lipinski definition) is 2. The van der Waals surface area contributed by atoms with Gasteiger partial charge >= 0.3 is 6.09 Å². The van der Waals surface area contributed by atoms with E-state index in [0.717, 1.165) is 18.4 Å². The molecule has 0 saturated carbocycles. The molecule has 0 spiro atoms. The summed E-state index contributed by atoms with van der Waals surface area (Å²) in [5.74, 6) is 0.221. The number of aliphatic hydroxyl groups is 1. The van der Waals surface area contributed by atoms with E-state index in [-0.39, 0.29) is 17.9 Å². The molecule has 1 rings (SSSR count). The summed E-state index contributed by atoms with van der Waals surface area (Å²) in [5, 5.41) is 16.9. The van der Waals surface area contributed by atoms with Crippen LogP contribution in [0.3, 0.4) is 0 Å². The van der Waals surface area contributed by atoms with Crippen molar-refractivity contribution in [3.63, 3.8) is 0 Å². The van der Waals surface area contributed by atoms with E-state index in [9.17, 15) is 9.90 Å². The van der Waals surface area contributed by atoms with Crippen LogP contribution in [-0.4, -0.2) is 39.7 Å². The summed E-state index contributed by atoms with van der Waals surface area (Å²) < 4.78 is 7.05. The molecule has 1 aromatic heterocycles. The monoisotopic (exact) mass is 325 g/mol. The zero-order valence-electron chi connectivity index (χ0n) is 15.2. The molecule has 1 heterocycles. The number of rotatable bonds is 7. The number of alkyl carbamates (subject to hydrolysis) is 1. The number of aryl methyl sites for hydroxylation is 2. The van der Waals surface area contributed by atoms with Crippen molar-refractivity contribution >= 4 is 6.09 Å². The third kappa shape index (κ3) is 6.22. The first-order valence-corrected chi connectivity index (χ1v) is 8.13. The highest BCUT2D eigenvalue weighted by atomic mass is 16.6. The van der Waals surface area contributed by atoms with Crippen molar-refractivity contribution in [1.29, 1.82) is 0 Å². The number of ether oxygens (including phenoxy) is 1. The molecule has 132 valence electrons. The van der Waals surface area contributed by atoms with Crippen molar-refractivity contribution in [3.8, 4) is 0 Å². The summed E-state index contributed by atoms with van der Waals surface area (Å²) in [4.78, 5) is 11.9. The van der Waals surface area contributed by atoms with Gasteiger partial charge in [-0.05, 0) is 45.1 Å². The Kier molecular flexibility index (Phi) is 6.62. The van der Waals surface area contributed by atoms with E-state index >= 15 is 0 Å². The topological polar surface area (TPSA) is 76.4 Å². The number of nitrogens with one attached hydrogen (secondary N) is 1. The Labute approximate surface area is 139 Å². The maximum atomic E-state index is 11.9. The SMILES string of the molecule is CC(C)C(CO)(CCc1cnn(C)c1)CNC(=O)OC(C)(C)C. The van der Waals surface area contributed by atoms with E-state index in [1.54, 1.807) is 4.68 Å². The van der Waals surface area contributed by atoms with Crippen LogP contribution < -0.4 is 5.32 Å². The van der Waals surface area contributed by atoms with Gasteiger partial charge in [0.05, 0.1) is 12.8 Å². The highest BCUT2D eigenvalue weighted by molar-refractivity contribution is 5.67. The molecule has 2 N–H and O–H groups in total. The molecule has 0 bridgehead atoms. The molecule has 6 heteroatoms. The zero-order valence-corrected chi connectivity index (χ0v) is 15.2. The quantitative estimate of drug-likeness (QED) is 0.807. The Balaban J connectivity index is 2.68. The van der Waals surface area contributed by atoms with Crippen LogP contribution in [0.2, 0.25) is 0 Å². The molecule has 1 aromatic rings. The molecule has 6 nitrogen and oxygen atoms in total. The minimum absolute atomic E-state index is 0.0146. The van der Waals surface area contributed by atoms with Crippen molar-refractivity contribution in [1.82, 2.24) is 15.1 Å². The van der Waals surface area contributed by atoms with E-state index in [0.29, 0.717) is 6.54 Å². The molecule has 23 heavy (non-hydrogen) atoms. The Morgan fingerprint density at radius 3 is 2.52 bits per heavy atom. The van der Waals surface area contributed by atoms with Crippen LogP contribution in [0.1, 0.15) is 46.6 Å². The average molecular weight is 325 g/mol. The second-order valence-electron chi connectivity index (χ2n) is 7.55. The fourth-order valence-corrected chi connectivity index (χ4v) is 2.46. The Morgan fingerprint density at radius 2 is 2.09 bits per heavy atom.